The van der Waals surface area contributed by atoms with Crippen molar-refractivity contribution in [2.75, 3.05) is 52.5 Å². The predicted molar refractivity (Wildman–Crippen MR) is 116 cm³/mol. The van der Waals surface area contributed by atoms with Crippen LogP contribution in [0.15, 0.2) is 4.90 Å². The number of nitrogens with zero attached hydrogens (tertiary/aromatic N) is 5. The number of morpholine rings is 1. The van der Waals surface area contributed by atoms with Gasteiger partial charge in [-0.25, -0.2) is 8.42 Å². The molecule has 10 nitrogen and oxygen atoms in total. The summed E-state index contributed by atoms with van der Waals surface area (Å²) in [6.07, 6.45) is 3.03. The van der Waals surface area contributed by atoms with E-state index in [0.717, 1.165) is 25.9 Å². The number of aryl methyl sites for hydroxylation is 1. The number of ether oxygens (including phenoxy) is 1. The molecule has 11 heteroatoms. The van der Waals surface area contributed by atoms with E-state index in [-0.39, 0.29) is 29.2 Å². The number of aromatic nitrogens is 2. The van der Waals surface area contributed by atoms with Gasteiger partial charge in [0.15, 0.2) is 0 Å². The van der Waals surface area contributed by atoms with Crippen molar-refractivity contribution in [2.45, 2.75) is 51.0 Å². The Morgan fingerprint density at radius 1 is 0.969 bits per heavy atom. The van der Waals surface area contributed by atoms with E-state index in [4.69, 9.17) is 4.74 Å². The van der Waals surface area contributed by atoms with Gasteiger partial charge in [-0.15, -0.1) is 0 Å². The molecule has 0 saturated carbocycles. The second-order valence-electron chi connectivity index (χ2n) is 8.86. The molecule has 1 aromatic rings. The second kappa shape index (κ2) is 9.48. The highest BCUT2D eigenvalue weighted by molar-refractivity contribution is 7.89. The summed E-state index contributed by atoms with van der Waals surface area (Å²) in [5.41, 5.74) is 0.893. The van der Waals surface area contributed by atoms with Gasteiger partial charge in [-0.3, -0.25) is 14.3 Å². The largest absolute Gasteiger partial charge is 0.378 e. The molecule has 0 N–H and O–H groups in total. The van der Waals surface area contributed by atoms with Crippen LogP contribution in [0, 0.1) is 19.8 Å². The Kier molecular flexibility index (Phi) is 6.87. The van der Waals surface area contributed by atoms with Gasteiger partial charge in [-0.2, -0.15) is 9.40 Å². The van der Waals surface area contributed by atoms with Crippen molar-refractivity contribution in [1.29, 1.82) is 0 Å². The van der Waals surface area contributed by atoms with Crippen LogP contribution in [0.3, 0.4) is 0 Å². The van der Waals surface area contributed by atoms with Crippen LogP contribution in [0.25, 0.3) is 0 Å². The van der Waals surface area contributed by atoms with Crippen LogP contribution < -0.4 is 0 Å². The number of carbonyl (C=O) groups excluding carboxylic acids is 2. The molecule has 0 unspecified atom stereocenters. The molecule has 4 rings (SSSR count). The van der Waals surface area contributed by atoms with Gasteiger partial charge in [0, 0.05) is 45.2 Å². The molecule has 3 aliphatic heterocycles. The molecule has 178 valence electrons. The highest BCUT2D eigenvalue weighted by Crippen LogP contribution is 2.29. The SMILES string of the molecule is Cc1nn(CC(=O)N2CCCC2)c(C)c1S(=O)(=O)N1CCC(C(=O)N2CCOCC2)CC1. The van der Waals surface area contributed by atoms with Gasteiger partial charge < -0.3 is 14.5 Å². The van der Waals surface area contributed by atoms with Gasteiger partial charge in [-0.1, -0.05) is 0 Å². The van der Waals surface area contributed by atoms with Gasteiger partial charge >= 0.3 is 0 Å². The first-order chi connectivity index (χ1) is 15.3. The Hall–Kier alpha value is -1.98. The van der Waals surface area contributed by atoms with Crippen molar-refractivity contribution in [2.24, 2.45) is 5.92 Å². The molecule has 0 aliphatic carbocycles. The number of carbonyl (C=O) groups is 2. The van der Waals surface area contributed by atoms with Crippen molar-refractivity contribution in [1.82, 2.24) is 23.9 Å². The molecule has 1 aromatic heterocycles. The van der Waals surface area contributed by atoms with Gasteiger partial charge in [-0.05, 0) is 39.5 Å². The van der Waals surface area contributed by atoms with Crippen molar-refractivity contribution in [3.8, 4) is 0 Å². The van der Waals surface area contributed by atoms with E-state index in [1.165, 1.54) is 8.99 Å². The second-order valence-corrected chi connectivity index (χ2v) is 10.7. The highest BCUT2D eigenvalue weighted by atomic mass is 32.2. The van der Waals surface area contributed by atoms with Crippen LogP contribution in [0.4, 0.5) is 0 Å². The molecule has 4 heterocycles. The summed E-state index contributed by atoms with van der Waals surface area (Å²) in [4.78, 5) is 29.1. The van der Waals surface area contributed by atoms with Crippen molar-refractivity contribution < 1.29 is 22.7 Å². The highest BCUT2D eigenvalue weighted by Gasteiger charge is 2.37. The van der Waals surface area contributed by atoms with Gasteiger partial charge in [0.2, 0.25) is 21.8 Å². The molecule has 32 heavy (non-hydrogen) atoms. The first-order valence-corrected chi connectivity index (χ1v) is 12.9. The summed E-state index contributed by atoms with van der Waals surface area (Å²) >= 11 is 0. The maximum atomic E-state index is 13.4. The molecule has 3 saturated heterocycles. The van der Waals surface area contributed by atoms with Gasteiger partial charge in [0.1, 0.15) is 11.4 Å². The Morgan fingerprint density at radius 2 is 1.59 bits per heavy atom. The molecule has 0 bridgehead atoms. The lowest BCUT2D eigenvalue weighted by molar-refractivity contribution is -0.140. The van der Waals surface area contributed by atoms with Gasteiger partial charge in [0.05, 0.1) is 24.6 Å². The first kappa shape index (κ1) is 23.2. The zero-order valence-corrected chi connectivity index (χ0v) is 19.8. The fourth-order valence-corrected chi connectivity index (χ4v) is 6.76. The number of rotatable bonds is 5. The van der Waals surface area contributed by atoms with Crippen LogP contribution >= 0.6 is 0 Å². The molecule has 0 spiro atoms. The third kappa shape index (κ3) is 4.55. The van der Waals surface area contributed by atoms with Crippen LogP contribution in [-0.4, -0.2) is 96.6 Å². The van der Waals surface area contributed by atoms with Crippen molar-refractivity contribution >= 4 is 21.8 Å². The van der Waals surface area contributed by atoms with Crippen LogP contribution in [0.1, 0.15) is 37.1 Å². The monoisotopic (exact) mass is 467 g/mol. The molecule has 0 radical (unpaired) electrons. The van der Waals surface area contributed by atoms with Crippen LogP contribution in [0.2, 0.25) is 0 Å². The number of piperidine rings is 1. The Bertz CT molecular complexity index is 955. The van der Waals surface area contributed by atoms with Crippen LogP contribution in [0.5, 0.6) is 0 Å². The third-order valence-corrected chi connectivity index (χ3v) is 8.93. The van der Waals surface area contributed by atoms with Gasteiger partial charge in [0.25, 0.3) is 0 Å². The molecule has 3 aliphatic rings. The summed E-state index contributed by atoms with van der Waals surface area (Å²) in [7, 11) is -3.75. The first-order valence-electron chi connectivity index (χ1n) is 11.5. The smallest absolute Gasteiger partial charge is 0.246 e. The van der Waals surface area contributed by atoms with Crippen molar-refractivity contribution in [3.63, 3.8) is 0 Å². The summed E-state index contributed by atoms with van der Waals surface area (Å²) in [5, 5.41) is 4.38. The minimum absolute atomic E-state index is 0.0283. The Morgan fingerprint density at radius 3 is 2.22 bits per heavy atom. The Balaban J connectivity index is 1.43. The average Bonchev–Trinajstić information content (AvgIpc) is 3.42. The number of sulfonamides is 1. The van der Waals surface area contributed by atoms with E-state index in [0.29, 0.717) is 63.6 Å². The zero-order valence-electron chi connectivity index (χ0n) is 19.0. The molecular formula is C21H33N5O5S. The molecule has 0 aromatic carbocycles. The minimum Gasteiger partial charge on any atom is -0.378 e. The number of hydrogen-bond acceptors (Lipinski definition) is 6. The fraction of sp³-hybridized carbons (Fsp3) is 0.762. The summed E-state index contributed by atoms with van der Waals surface area (Å²) in [5.74, 6) is -0.0759. The normalized spacial score (nSPS) is 21.3. The molecule has 3 fully saturated rings. The van der Waals surface area contributed by atoms with E-state index < -0.39 is 10.0 Å². The molecule has 0 atom stereocenters. The summed E-state index contributed by atoms with van der Waals surface area (Å²) in [6, 6.07) is 0. The maximum Gasteiger partial charge on any atom is 0.246 e. The average molecular weight is 468 g/mol. The van der Waals surface area contributed by atoms with E-state index >= 15 is 0 Å². The molecular weight excluding hydrogens is 434 g/mol. The van der Waals surface area contributed by atoms with Crippen molar-refractivity contribution in [3.05, 3.63) is 11.4 Å². The van der Waals surface area contributed by atoms with E-state index in [1.807, 2.05) is 4.90 Å². The lowest BCUT2D eigenvalue weighted by Gasteiger charge is -2.35. The van der Waals surface area contributed by atoms with Crippen LogP contribution in [-0.2, 0) is 30.9 Å². The molecule has 2 amide bonds. The quantitative estimate of drug-likeness (QED) is 0.620. The maximum absolute atomic E-state index is 13.4. The standard InChI is InChI=1S/C21H33N5O5S/c1-16-20(17(2)26(22-16)15-19(27)23-7-3-4-8-23)32(29,30)25-9-5-18(6-10-25)21(28)24-11-13-31-14-12-24/h18H,3-15H2,1-2H3. The topological polar surface area (TPSA) is 105 Å². The zero-order chi connectivity index (χ0) is 22.9. The third-order valence-electron chi connectivity index (χ3n) is 6.78. The summed E-state index contributed by atoms with van der Waals surface area (Å²) < 4.78 is 35.1. The fourth-order valence-electron chi connectivity index (χ4n) is 4.92. The lowest BCUT2D eigenvalue weighted by Crippen LogP contribution is -2.47. The minimum atomic E-state index is -3.75. The Labute approximate surface area is 189 Å². The summed E-state index contributed by atoms with van der Waals surface area (Å²) in [6.45, 7) is 7.87. The number of likely N-dealkylation sites (tertiary alicyclic amines) is 1. The predicted octanol–water partition coefficient (Wildman–Crippen LogP) is 0.382. The van der Waals surface area contributed by atoms with E-state index in [2.05, 4.69) is 5.10 Å². The van der Waals surface area contributed by atoms with E-state index in [1.54, 1.807) is 18.7 Å². The number of amides is 2. The lowest BCUT2D eigenvalue weighted by atomic mass is 9.96. The van der Waals surface area contributed by atoms with E-state index in [9.17, 15) is 18.0 Å². The number of hydrogen-bond donors (Lipinski definition) is 0.